The summed E-state index contributed by atoms with van der Waals surface area (Å²) in [6.07, 6.45) is 1.26. The summed E-state index contributed by atoms with van der Waals surface area (Å²) in [4.78, 5) is 2.32. The second kappa shape index (κ2) is 4.94. The lowest BCUT2D eigenvalue weighted by Crippen LogP contribution is -2.41. The molecule has 0 aromatic carbocycles. The molecule has 0 aliphatic carbocycles. The van der Waals surface area contributed by atoms with Crippen LogP contribution in [0, 0.1) is 11.8 Å². The number of rotatable bonds is 4. The molecule has 13 heavy (non-hydrogen) atoms. The van der Waals surface area contributed by atoms with E-state index in [2.05, 4.69) is 18.7 Å². The Morgan fingerprint density at radius 1 is 1.54 bits per heavy atom. The maximum atomic E-state index is 9.09. The van der Waals surface area contributed by atoms with Gasteiger partial charge in [-0.2, -0.15) is 0 Å². The van der Waals surface area contributed by atoms with Crippen LogP contribution in [-0.2, 0) is 0 Å². The van der Waals surface area contributed by atoms with Crippen molar-refractivity contribution in [2.45, 2.75) is 26.3 Å². The van der Waals surface area contributed by atoms with Gasteiger partial charge in [-0.3, -0.25) is 4.90 Å². The summed E-state index contributed by atoms with van der Waals surface area (Å²) in [7, 11) is 0. The van der Waals surface area contributed by atoms with Crippen LogP contribution in [0.2, 0.25) is 0 Å². The van der Waals surface area contributed by atoms with E-state index in [0.29, 0.717) is 6.54 Å². The summed E-state index contributed by atoms with van der Waals surface area (Å²) in [5.74, 6) is 1.54. The van der Waals surface area contributed by atoms with E-state index in [9.17, 15) is 0 Å². The first kappa shape index (κ1) is 11.0. The van der Waals surface area contributed by atoms with Gasteiger partial charge in [0.1, 0.15) is 0 Å². The lowest BCUT2D eigenvalue weighted by atomic mass is 9.95. The fourth-order valence-electron chi connectivity index (χ4n) is 2.03. The predicted molar refractivity (Wildman–Crippen MR) is 54.4 cm³/mol. The van der Waals surface area contributed by atoms with E-state index in [1.54, 1.807) is 0 Å². The summed E-state index contributed by atoms with van der Waals surface area (Å²) in [5, 5.41) is 9.09. The minimum Gasteiger partial charge on any atom is -0.395 e. The van der Waals surface area contributed by atoms with Crippen molar-refractivity contribution in [2.24, 2.45) is 17.6 Å². The molecule has 0 aromatic heterocycles. The Hall–Kier alpha value is -0.120. The van der Waals surface area contributed by atoms with Gasteiger partial charge in [-0.05, 0) is 24.8 Å². The third-order valence-electron chi connectivity index (χ3n) is 3.20. The quantitative estimate of drug-likeness (QED) is 0.663. The highest BCUT2D eigenvalue weighted by molar-refractivity contribution is 4.82. The number of nitrogens with zero attached hydrogens (tertiary/aromatic N) is 1. The van der Waals surface area contributed by atoms with Gasteiger partial charge in [0.05, 0.1) is 6.61 Å². The second-order valence-electron chi connectivity index (χ2n) is 4.36. The number of hydrogen-bond acceptors (Lipinski definition) is 3. The SMILES string of the molecule is CC(C)C1CCN(C(CN)CO)C1. The van der Waals surface area contributed by atoms with E-state index in [0.717, 1.165) is 24.9 Å². The van der Waals surface area contributed by atoms with Gasteiger partial charge in [0.15, 0.2) is 0 Å². The predicted octanol–water partition coefficient (Wildman–Crippen LogP) is 0.284. The van der Waals surface area contributed by atoms with Crippen molar-refractivity contribution in [3.63, 3.8) is 0 Å². The van der Waals surface area contributed by atoms with E-state index in [1.807, 2.05) is 0 Å². The lowest BCUT2D eigenvalue weighted by molar-refractivity contribution is 0.144. The normalized spacial score (nSPS) is 27.0. The number of nitrogens with two attached hydrogens (primary N) is 1. The van der Waals surface area contributed by atoms with Crippen LogP contribution in [0.5, 0.6) is 0 Å². The molecule has 2 unspecified atom stereocenters. The highest BCUT2D eigenvalue weighted by Crippen LogP contribution is 2.24. The molecule has 78 valence electrons. The fraction of sp³-hybridized carbons (Fsp3) is 1.00. The number of hydrogen-bond donors (Lipinski definition) is 2. The van der Waals surface area contributed by atoms with E-state index in [4.69, 9.17) is 10.8 Å². The molecule has 0 amide bonds. The van der Waals surface area contributed by atoms with Crippen LogP contribution >= 0.6 is 0 Å². The molecule has 1 rings (SSSR count). The summed E-state index contributed by atoms with van der Waals surface area (Å²) >= 11 is 0. The number of aliphatic hydroxyl groups is 1. The summed E-state index contributed by atoms with van der Waals surface area (Å²) in [5.41, 5.74) is 5.58. The molecule has 2 atom stereocenters. The minimum absolute atomic E-state index is 0.184. The van der Waals surface area contributed by atoms with Crippen LogP contribution in [-0.4, -0.2) is 42.3 Å². The first-order valence-electron chi connectivity index (χ1n) is 5.24. The van der Waals surface area contributed by atoms with Crippen molar-refractivity contribution in [1.29, 1.82) is 0 Å². The monoisotopic (exact) mass is 186 g/mol. The minimum atomic E-state index is 0.184. The standard InChI is InChI=1S/C10H22N2O/c1-8(2)9-3-4-12(6-9)10(5-11)7-13/h8-10,13H,3-7,11H2,1-2H3. The zero-order valence-electron chi connectivity index (χ0n) is 8.74. The average Bonchev–Trinajstić information content (AvgIpc) is 2.56. The largest absolute Gasteiger partial charge is 0.395 e. The van der Waals surface area contributed by atoms with Gasteiger partial charge >= 0.3 is 0 Å². The molecular formula is C10H22N2O. The van der Waals surface area contributed by atoms with Crippen LogP contribution in [0.1, 0.15) is 20.3 Å². The Kier molecular flexibility index (Phi) is 4.16. The molecule has 0 spiro atoms. The van der Waals surface area contributed by atoms with Crippen LogP contribution in [0.15, 0.2) is 0 Å². The molecule has 1 aliphatic rings. The molecular weight excluding hydrogens is 164 g/mol. The molecule has 0 bridgehead atoms. The van der Waals surface area contributed by atoms with Gasteiger partial charge in [0, 0.05) is 19.1 Å². The molecule has 3 nitrogen and oxygen atoms in total. The van der Waals surface area contributed by atoms with Gasteiger partial charge < -0.3 is 10.8 Å². The van der Waals surface area contributed by atoms with Crippen LogP contribution in [0.4, 0.5) is 0 Å². The Labute approximate surface area is 80.9 Å². The zero-order chi connectivity index (χ0) is 9.84. The van der Waals surface area contributed by atoms with E-state index in [1.165, 1.54) is 6.42 Å². The van der Waals surface area contributed by atoms with Crippen molar-refractivity contribution in [3.05, 3.63) is 0 Å². The smallest absolute Gasteiger partial charge is 0.0599 e. The molecule has 1 aliphatic heterocycles. The van der Waals surface area contributed by atoms with Crippen molar-refractivity contribution in [1.82, 2.24) is 4.90 Å². The average molecular weight is 186 g/mol. The van der Waals surface area contributed by atoms with Gasteiger partial charge in [-0.15, -0.1) is 0 Å². The summed E-state index contributed by atoms with van der Waals surface area (Å²) in [6, 6.07) is 0.184. The Morgan fingerprint density at radius 3 is 2.62 bits per heavy atom. The van der Waals surface area contributed by atoms with Gasteiger partial charge in [-0.25, -0.2) is 0 Å². The number of likely N-dealkylation sites (tertiary alicyclic amines) is 1. The maximum Gasteiger partial charge on any atom is 0.0599 e. The fourth-order valence-corrected chi connectivity index (χ4v) is 2.03. The summed E-state index contributed by atoms with van der Waals surface area (Å²) < 4.78 is 0. The van der Waals surface area contributed by atoms with Crippen molar-refractivity contribution < 1.29 is 5.11 Å². The van der Waals surface area contributed by atoms with Gasteiger partial charge in [0.2, 0.25) is 0 Å². The molecule has 0 radical (unpaired) electrons. The Bertz CT molecular complexity index is 146. The van der Waals surface area contributed by atoms with Crippen LogP contribution < -0.4 is 5.73 Å². The van der Waals surface area contributed by atoms with Crippen LogP contribution in [0.25, 0.3) is 0 Å². The lowest BCUT2D eigenvalue weighted by Gasteiger charge is -2.25. The van der Waals surface area contributed by atoms with Crippen LogP contribution in [0.3, 0.4) is 0 Å². The third kappa shape index (κ3) is 2.66. The molecule has 0 saturated carbocycles. The highest BCUT2D eigenvalue weighted by Gasteiger charge is 2.28. The molecule has 3 heteroatoms. The highest BCUT2D eigenvalue weighted by atomic mass is 16.3. The Balaban J connectivity index is 2.39. The summed E-state index contributed by atoms with van der Waals surface area (Å²) in [6.45, 7) is 7.52. The van der Waals surface area contributed by atoms with E-state index < -0.39 is 0 Å². The maximum absolute atomic E-state index is 9.09. The molecule has 1 fully saturated rings. The van der Waals surface area contributed by atoms with Gasteiger partial charge in [0.25, 0.3) is 0 Å². The van der Waals surface area contributed by atoms with E-state index >= 15 is 0 Å². The second-order valence-corrected chi connectivity index (χ2v) is 4.36. The third-order valence-corrected chi connectivity index (χ3v) is 3.20. The molecule has 3 N–H and O–H groups in total. The van der Waals surface area contributed by atoms with Crippen molar-refractivity contribution in [2.75, 3.05) is 26.2 Å². The molecule has 1 heterocycles. The Morgan fingerprint density at radius 2 is 2.23 bits per heavy atom. The zero-order valence-corrected chi connectivity index (χ0v) is 8.74. The molecule has 0 aromatic rings. The molecule has 1 saturated heterocycles. The van der Waals surface area contributed by atoms with Crippen molar-refractivity contribution in [3.8, 4) is 0 Å². The first-order valence-corrected chi connectivity index (χ1v) is 5.24. The van der Waals surface area contributed by atoms with Gasteiger partial charge in [-0.1, -0.05) is 13.8 Å². The number of aliphatic hydroxyl groups excluding tert-OH is 1. The first-order chi connectivity index (χ1) is 6.19. The topological polar surface area (TPSA) is 49.5 Å². The van der Waals surface area contributed by atoms with E-state index in [-0.39, 0.29) is 12.6 Å². The van der Waals surface area contributed by atoms with Crippen molar-refractivity contribution >= 4 is 0 Å².